The molecule has 2 amide bonds. The molecule has 2 aromatic rings. The first-order chi connectivity index (χ1) is 14.3. The minimum absolute atomic E-state index is 0.242. The van der Waals surface area contributed by atoms with E-state index < -0.39 is 12.0 Å². The van der Waals surface area contributed by atoms with Crippen molar-refractivity contribution < 1.29 is 18.7 Å². The van der Waals surface area contributed by atoms with Gasteiger partial charge in [-0.2, -0.15) is 0 Å². The third-order valence-corrected chi connectivity index (χ3v) is 5.06. The Morgan fingerprint density at radius 2 is 1.93 bits per heavy atom. The van der Waals surface area contributed by atoms with Crippen molar-refractivity contribution in [3.63, 3.8) is 0 Å². The zero-order chi connectivity index (χ0) is 21.8. The van der Waals surface area contributed by atoms with Crippen molar-refractivity contribution in [2.75, 3.05) is 20.2 Å². The molecule has 30 heavy (non-hydrogen) atoms. The van der Waals surface area contributed by atoms with Gasteiger partial charge in [0.25, 0.3) is 0 Å². The van der Waals surface area contributed by atoms with E-state index in [1.807, 2.05) is 14.0 Å². The first-order valence-electron chi connectivity index (χ1n) is 10.1. The van der Waals surface area contributed by atoms with Gasteiger partial charge in [-0.3, -0.25) is 4.90 Å². The van der Waals surface area contributed by atoms with E-state index in [-0.39, 0.29) is 12.6 Å². The number of ether oxygens (including phenoxy) is 1. The Morgan fingerprint density at radius 3 is 2.57 bits per heavy atom. The Bertz CT molecular complexity index is 977. The normalized spacial score (nSPS) is 16.5. The predicted molar refractivity (Wildman–Crippen MR) is 114 cm³/mol. The highest BCUT2D eigenvalue weighted by Crippen LogP contribution is 2.29. The van der Waals surface area contributed by atoms with Gasteiger partial charge in [0.15, 0.2) is 0 Å². The van der Waals surface area contributed by atoms with Crippen LogP contribution in [0.25, 0.3) is 0 Å². The molecule has 0 unspecified atom stereocenters. The van der Waals surface area contributed by atoms with Crippen LogP contribution in [0.1, 0.15) is 41.2 Å². The fourth-order valence-electron chi connectivity index (χ4n) is 3.65. The van der Waals surface area contributed by atoms with Crippen LogP contribution in [0.3, 0.4) is 0 Å². The maximum atomic E-state index is 12.8. The number of esters is 1. The van der Waals surface area contributed by atoms with Gasteiger partial charge in [-0.05, 0) is 58.0 Å². The lowest BCUT2D eigenvalue weighted by Gasteiger charge is -2.30. The quantitative estimate of drug-likeness (QED) is 0.681. The summed E-state index contributed by atoms with van der Waals surface area (Å²) in [5, 5.41) is 5.58. The summed E-state index contributed by atoms with van der Waals surface area (Å²) >= 11 is 0. The Balaban J connectivity index is 1.91. The maximum Gasteiger partial charge on any atom is 0.338 e. The number of aryl methyl sites for hydroxylation is 3. The summed E-state index contributed by atoms with van der Waals surface area (Å²) in [7, 11) is 1.95. The van der Waals surface area contributed by atoms with Crippen molar-refractivity contribution in [2.45, 2.75) is 40.3 Å². The van der Waals surface area contributed by atoms with E-state index in [0.29, 0.717) is 35.9 Å². The van der Waals surface area contributed by atoms with Crippen molar-refractivity contribution in [2.24, 2.45) is 0 Å². The molecule has 7 nitrogen and oxygen atoms in total. The Kier molecular flexibility index (Phi) is 6.62. The largest absolute Gasteiger partial charge is 0.464 e. The van der Waals surface area contributed by atoms with Crippen LogP contribution in [0.2, 0.25) is 0 Å². The maximum absolute atomic E-state index is 12.8. The van der Waals surface area contributed by atoms with Gasteiger partial charge < -0.3 is 19.8 Å². The SMILES string of the molecule is CCOC(=O)C1=C(CN(C)Cc2ccc(C)cc2C)NC(=O)N[C@@H]1c1ccc(C)o1. The molecule has 2 N–H and O–H groups in total. The van der Waals surface area contributed by atoms with E-state index in [1.165, 1.54) is 16.7 Å². The van der Waals surface area contributed by atoms with Gasteiger partial charge in [-0.15, -0.1) is 0 Å². The van der Waals surface area contributed by atoms with Gasteiger partial charge in [0, 0.05) is 18.8 Å². The zero-order valence-corrected chi connectivity index (χ0v) is 18.2. The lowest BCUT2D eigenvalue weighted by Crippen LogP contribution is -2.48. The molecule has 160 valence electrons. The van der Waals surface area contributed by atoms with E-state index in [0.717, 1.165) is 0 Å². The first kappa shape index (κ1) is 21.6. The van der Waals surface area contributed by atoms with Crippen molar-refractivity contribution >= 4 is 12.0 Å². The van der Waals surface area contributed by atoms with Crippen LogP contribution in [0.15, 0.2) is 46.0 Å². The second kappa shape index (κ2) is 9.17. The number of nitrogens with one attached hydrogen (secondary N) is 2. The molecule has 0 radical (unpaired) electrons. The lowest BCUT2D eigenvalue weighted by molar-refractivity contribution is -0.139. The van der Waals surface area contributed by atoms with Gasteiger partial charge in [0.1, 0.15) is 17.6 Å². The van der Waals surface area contributed by atoms with Crippen molar-refractivity contribution in [3.8, 4) is 0 Å². The number of carbonyl (C=O) groups excluding carboxylic acids is 2. The molecule has 1 atom stereocenters. The molecular formula is C23H29N3O4. The summed E-state index contributed by atoms with van der Waals surface area (Å²) in [6.07, 6.45) is 0. The van der Waals surface area contributed by atoms with Crippen LogP contribution in [0.5, 0.6) is 0 Å². The summed E-state index contributed by atoms with van der Waals surface area (Å²) < 4.78 is 11.0. The molecule has 1 aliphatic rings. The van der Waals surface area contributed by atoms with E-state index in [4.69, 9.17) is 9.15 Å². The fourth-order valence-corrected chi connectivity index (χ4v) is 3.65. The summed E-state index contributed by atoms with van der Waals surface area (Å²) in [5.74, 6) is 0.730. The summed E-state index contributed by atoms with van der Waals surface area (Å²) in [4.78, 5) is 27.2. The second-order valence-electron chi connectivity index (χ2n) is 7.69. The number of urea groups is 1. The van der Waals surface area contributed by atoms with Gasteiger partial charge in [0.2, 0.25) is 0 Å². The van der Waals surface area contributed by atoms with E-state index in [2.05, 4.69) is 47.6 Å². The Morgan fingerprint density at radius 1 is 1.17 bits per heavy atom. The van der Waals surface area contributed by atoms with Gasteiger partial charge in [-0.1, -0.05) is 23.8 Å². The highest BCUT2D eigenvalue weighted by Gasteiger charge is 2.35. The number of nitrogens with zero attached hydrogens (tertiary/aromatic N) is 1. The zero-order valence-electron chi connectivity index (χ0n) is 18.2. The minimum atomic E-state index is -0.698. The summed E-state index contributed by atoms with van der Waals surface area (Å²) in [6, 6.07) is 8.83. The number of amides is 2. The molecule has 1 aromatic carbocycles. The highest BCUT2D eigenvalue weighted by atomic mass is 16.5. The average Bonchev–Trinajstić information content (AvgIpc) is 3.10. The van der Waals surface area contributed by atoms with Crippen LogP contribution >= 0.6 is 0 Å². The number of furan rings is 1. The number of hydrogen-bond acceptors (Lipinski definition) is 5. The minimum Gasteiger partial charge on any atom is -0.464 e. The first-order valence-corrected chi connectivity index (χ1v) is 10.1. The van der Waals surface area contributed by atoms with Crippen molar-refractivity contribution in [1.82, 2.24) is 15.5 Å². The average molecular weight is 412 g/mol. The van der Waals surface area contributed by atoms with Crippen LogP contribution < -0.4 is 10.6 Å². The highest BCUT2D eigenvalue weighted by molar-refractivity contribution is 5.95. The summed E-state index contributed by atoms with van der Waals surface area (Å²) in [6.45, 7) is 9.03. The molecule has 0 saturated carbocycles. The molecule has 0 saturated heterocycles. The topological polar surface area (TPSA) is 83.8 Å². The van der Waals surface area contributed by atoms with Crippen LogP contribution in [0, 0.1) is 20.8 Å². The lowest BCUT2D eigenvalue weighted by atomic mass is 9.99. The molecule has 2 heterocycles. The number of hydrogen-bond donors (Lipinski definition) is 2. The number of rotatable bonds is 7. The predicted octanol–water partition coefficient (Wildman–Crippen LogP) is 3.51. The smallest absolute Gasteiger partial charge is 0.338 e. The fraction of sp³-hybridized carbons (Fsp3) is 0.391. The Hall–Kier alpha value is -3.06. The van der Waals surface area contributed by atoms with E-state index in [9.17, 15) is 9.59 Å². The number of likely N-dealkylation sites (N-methyl/N-ethyl adjacent to an activating group) is 1. The third kappa shape index (κ3) is 4.91. The monoisotopic (exact) mass is 411 g/mol. The molecule has 7 heteroatoms. The number of benzene rings is 1. The molecule has 1 aromatic heterocycles. The molecular weight excluding hydrogens is 382 g/mol. The summed E-state index contributed by atoms with van der Waals surface area (Å²) in [5.41, 5.74) is 4.50. The van der Waals surface area contributed by atoms with E-state index in [1.54, 1.807) is 19.1 Å². The third-order valence-electron chi connectivity index (χ3n) is 5.06. The van der Waals surface area contributed by atoms with Crippen molar-refractivity contribution in [3.05, 3.63) is 69.8 Å². The molecule has 1 aliphatic heterocycles. The molecule has 0 bridgehead atoms. The van der Waals surface area contributed by atoms with E-state index >= 15 is 0 Å². The van der Waals surface area contributed by atoms with Gasteiger partial charge in [0.05, 0.1) is 12.2 Å². The molecule has 3 rings (SSSR count). The van der Waals surface area contributed by atoms with Gasteiger partial charge in [-0.25, -0.2) is 9.59 Å². The Labute approximate surface area is 177 Å². The number of carbonyl (C=O) groups is 2. The van der Waals surface area contributed by atoms with Gasteiger partial charge >= 0.3 is 12.0 Å². The molecule has 0 fully saturated rings. The second-order valence-corrected chi connectivity index (χ2v) is 7.69. The molecule has 0 aliphatic carbocycles. The van der Waals surface area contributed by atoms with Crippen LogP contribution in [-0.2, 0) is 16.1 Å². The van der Waals surface area contributed by atoms with Crippen LogP contribution in [-0.4, -0.2) is 37.1 Å². The van der Waals surface area contributed by atoms with Crippen molar-refractivity contribution in [1.29, 1.82) is 0 Å². The molecule has 0 spiro atoms. The standard InChI is InChI=1S/C23H29N3O4/c1-6-29-22(27)20-18(13-26(5)12-17-9-7-14(2)11-15(17)3)24-23(28)25-21(20)19-10-8-16(4)30-19/h7-11,21H,6,12-13H2,1-5H3,(H2,24,25,28)/t21-/m1/s1. The van der Waals surface area contributed by atoms with Crippen LogP contribution in [0.4, 0.5) is 4.79 Å².